The summed E-state index contributed by atoms with van der Waals surface area (Å²) in [5.74, 6) is -0.952. The van der Waals surface area contributed by atoms with Gasteiger partial charge in [0, 0.05) is 6.61 Å². The van der Waals surface area contributed by atoms with Crippen LogP contribution in [0.5, 0.6) is 0 Å². The maximum absolute atomic E-state index is 11.6. The number of fused-ring (bicyclic) bond motifs is 1. The fourth-order valence-corrected chi connectivity index (χ4v) is 4.04. The average Bonchev–Trinajstić information content (AvgIpc) is 2.93. The average molecular weight is 447 g/mol. The van der Waals surface area contributed by atoms with Crippen molar-refractivity contribution in [3.8, 4) is 0 Å². The molecule has 2 fully saturated rings. The van der Waals surface area contributed by atoms with Gasteiger partial charge in [0.25, 0.3) is 20.2 Å². The summed E-state index contributed by atoms with van der Waals surface area (Å²) in [7, 11) is -7.70. The molecule has 0 aromatic carbocycles. The van der Waals surface area contributed by atoms with Crippen molar-refractivity contribution < 1.29 is 44.1 Å². The van der Waals surface area contributed by atoms with Gasteiger partial charge in [-0.2, -0.15) is 16.8 Å². The molecule has 166 valence electrons. The largest absolute Gasteiger partial charge is 0.369 e. The van der Waals surface area contributed by atoms with Gasteiger partial charge in [-0.25, -0.2) is 0 Å². The second kappa shape index (κ2) is 8.06. The Bertz CT molecular complexity index is 724. The highest BCUT2D eigenvalue weighted by Gasteiger charge is 2.70. The lowest BCUT2D eigenvalue weighted by atomic mass is 9.83. The van der Waals surface area contributed by atoms with Gasteiger partial charge in [-0.15, -0.1) is 0 Å². The maximum Gasteiger partial charge on any atom is 0.264 e. The Morgan fingerprint density at radius 2 is 1.43 bits per heavy atom. The molecule has 0 aromatic heterocycles. The predicted octanol–water partition coefficient (Wildman–Crippen LogP) is 0.761. The molecular weight excluding hydrogens is 416 g/mol. The fraction of sp³-hybridized carbons (Fsp3) is 1.00. The van der Waals surface area contributed by atoms with Crippen LogP contribution in [0.4, 0.5) is 0 Å². The van der Waals surface area contributed by atoms with E-state index in [1.807, 2.05) is 6.92 Å². The topological polar surface area (TPSA) is 124 Å². The first-order chi connectivity index (χ1) is 12.6. The normalized spacial score (nSPS) is 31.8. The molecule has 2 aliphatic heterocycles. The smallest absolute Gasteiger partial charge is 0.264 e. The highest BCUT2D eigenvalue weighted by molar-refractivity contribution is 7.86. The summed E-state index contributed by atoms with van der Waals surface area (Å²) >= 11 is 0. The molecule has 0 aliphatic carbocycles. The number of hydrogen-bond donors (Lipinski definition) is 0. The quantitative estimate of drug-likeness (QED) is 0.351. The van der Waals surface area contributed by atoms with Crippen molar-refractivity contribution >= 4 is 20.2 Å². The molecule has 0 radical (unpaired) electrons. The maximum atomic E-state index is 11.6. The first-order valence-corrected chi connectivity index (χ1v) is 12.6. The molecule has 0 N–H and O–H groups in total. The van der Waals surface area contributed by atoms with Gasteiger partial charge in [0.15, 0.2) is 17.7 Å². The first-order valence-electron chi connectivity index (χ1n) is 8.99. The molecule has 2 heterocycles. The molecular formula is C16H30O10S2. The summed E-state index contributed by atoms with van der Waals surface area (Å²) in [5, 5.41) is 0. The van der Waals surface area contributed by atoms with E-state index in [1.165, 1.54) is 0 Å². The van der Waals surface area contributed by atoms with Crippen LogP contribution in [0.3, 0.4) is 0 Å². The summed E-state index contributed by atoms with van der Waals surface area (Å²) in [5.41, 5.74) is -2.89. The highest BCUT2D eigenvalue weighted by atomic mass is 32.2. The molecule has 2 saturated heterocycles. The standard InChI is InChI=1S/C16H30O10S2/c1-7-8-9-21-15(4)12-13(25-14(2,3)24-12)26-16(15,10-22-27(5,17)18)11-23-28(6,19)20/h12-13H,7-11H2,1-6H3/t12-,13-,15+/m0/s1. The minimum Gasteiger partial charge on any atom is -0.369 e. The van der Waals surface area contributed by atoms with Crippen LogP contribution in [0.1, 0.15) is 40.5 Å². The summed E-state index contributed by atoms with van der Waals surface area (Å²) < 4.78 is 80.2. The lowest BCUT2D eigenvalue weighted by molar-refractivity contribution is -0.274. The second-order valence-electron chi connectivity index (χ2n) is 7.78. The third-order valence-corrected chi connectivity index (χ3v) is 5.85. The zero-order valence-corrected chi connectivity index (χ0v) is 18.7. The van der Waals surface area contributed by atoms with E-state index in [0.29, 0.717) is 6.61 Å². The number of ether oxygens (including phenoxy) is 4. The molecule has 12 heteroatoms. The lowest BCUT2D eigenvalue weighted by Gasteiger charge is -2.43. The van der Waals surface area contributed by atoms with Crippen molar-refractivity contribution in [2.45, 2.75) is 69.9 Å². The summed E-state index contributed by atoms with van der Waals surface area (Å²) in [6.07, 6.45) is 1.71. The van der Waals surface area contributed by atoms with Gasteiger partial charge >= 0.3 is 0 Å². The molecule has 0 aromatic rings. The van der Waals surface area contributed by atoms with E-state index in [2.05, 4.69) is 0 Å². The van der Waals surface area contributed by atoms with Gasteiger partial charge in [-0.05, 0) is 27.2 Å². The third-order valence-electron chi connectivity index (χ3n) is 4.76. The van der Waals surface area contributed by atoms with Gasteiger partial charge < -0.3 is 18.9 Å². The van der Waals surface area contributed by atoms with E-state index in [9.17, 15) is 16.8 Å². The predicted molar refractivity (Wildman–Crippen MR) is 98.5 cm³/mol. The van der Waals surface area contributed by atoms with Crippen LogP contribution >= 0.6 is 0 Å². The molecule has 0 amide bonds. The summed E-state index contributed by atoms with van der Waals surface area (Å²) in [6, 6.07) is 0. The Morgan fingerprint density at radius 3 is 1.89 bits per heavy atom. The van der Waals surface area contributed by atoms with Crippen molar-refractivity contribution in [1.82, 2.24) is 0 Å². The van der Waals surface area contributed by atoms with E-state index in [-0.39, 0.29) is 0 Å². The monoisotopic (exact) mass is 446 g/mol. The van der Waals surface area contributed by atoms with Crippen LogP contribution in [0.15, 0.2) is 0 Å². The fourth-order valence-electron chi connectivity index (χ4n) is 3.23. The van der Waals surface area contributed by atoms with Gasteiger partial charge in [0.2, 0.25) is 0 Å². The highest BCUT2D eigenvalue weighted by Crippen LogP contribution is 2.50. The van der Waals surface area contributed by atoms with Crippen molar-refractivity contribution in [3.63, 3.8) is 0 Å². The number of unbranched alkanes of at least 4 members (excludes halogenated alkanes) is 1. The van der Waals surface area contributed by atoms with E-state index < -0.39 is 62.8 Å². The van der Waals surface area contributed by atoms with Gasteiger partial charge in [0.05, 0.1) is 12.5 Å². The van der Waals surface area contributed by atoms with Crippen LogP contribution in [0, 0.1) is 0 Å². The summed E-state index contributed by atoms with van der Waals surface area (Å²) in [4.78, 5) is 0. The van der Waals surface area contributed by atoms with Crippen LogP contribution in [0.2, 0.25) is 0 Å². The molecule has 0 bridgehead atoms. The van der Waals surface area contributed by atoms with Crippen molar-refractivity contribution in [2.24, 2.45) is 0 Å². The van der Waals surface area contributed by atoms with Gasteiger partial charge in [-0.1, -0.05) is 13.3 Å². The van der Waals surface area contributed by atoms with Crippen LogP contribution in [0.25, 0.3) is 0 Å². The van der Waals surface area contributed by atoms with Crippen LogP contribution in [-0.2, 0) is 47.5 Å². The molecule has 0 unspecified atom stereocenters. The van der Waals surface area contributed by atoms with E-state index in [4.69, 9.17) is 27.3 Å². The molecule has 10 nitrogen and oxygen atoms in total. The molecule has 2 rings (SSSR count). The van der Waals surface area contributed by atoms with Crippen molar-refractivity contribution in [2.75, 3.05) is 32.3 Å². The minimum atomic E-state index is -3.85. The zero-order chi connectivity index (χ0) is 21.4. The summed E-state index contributed by atoms with van der Waals surface area (Å²) in [6.45, 7) is 6.35. The van der Waals surface area contributed by atoms with Crippen molar-refractivity contribution in [3.05, 3.63) is 0 Å². The zero-order valence-electron chi connectivity index (χ0n) is 17.1. The van der Waals surface area contributed by atoms with Gasteiger partial charge in [-0.3, -0.25) is 8.37 Å². The minimum absolute atomic E-state index is 0.322. The molecule has 3 atom stereocenters. The number of hydrogen-bond acceptors (Lipinski definition) is 10. The lowest BCUT2D eigenvalue weighted by Crippen LogP contribution is -2.62. The Labute approximate surface area is 167 Å². The Morgan fingerprint density at radius 1 is 0.893 bits per heavy atom. The van der Waals surface area contributed by atoms with E-state index in [0.717, 1.165) is 25.4 Å². The molecule has 2 aliphatic rings. The first kappa shape index (κ1) is 23.9. The van der Waals surface area contributed by atoms with Gasteiger partial charge in [0.1, 0.15) is 24.9 Å². The van der Waals surface area contributed by atoms with Crippen LogP contribution in [-0.4, -0.2) is 78.6 Å². The Balaban J connectivity index is 2.42. The molecule has 0 saturated carbocycles. The second-order valence-corrected chi connectivity index (χ2v) is 11.1. The van der Waals surface area contributed by atoms with E-state index in [1.54, 1.807) is 20.8 Å². The van der Waals surface area contributed by atoms with Crippen LogP contribution < -0.4 is 0 Å². The SMILES string of the molecule is CCCCO[C@]1(C)[C@H]2OC(C)(C)O[C@H]2OC1(COS(C)(=O)=O)COS(C)(=O)=O. The Hall–Kier alpha value is -0.340. The third kappa shape index (κ3) is 5.42. The number of rotatable bonds is 10. The van der Waals surface area contributed by atoms with Crippen molar-refractivity contribution in [1.29, 1.82) is 0 Å². The molecule has 0 spiro atoms. The Kier molecular flexibility index (Phi) is 6.89. The van der Waals surface area contributed by atoms with E-state index >= 15 is 0 Å². The molecule has 28 heavy (non-hydrogen) atoms.